The van der Waals surface area contributed by atoms with Gasteiger partial charge in [0.15, 0.2) is 5.82 Å². The van der Waals surface area contributed by atoms with Gasteiger partial charge in [-0.15, -0.1) is 5.10 Å². The second-order valence-electron chi connectivity index (χ2n) is 6.17. The van der Waals surface area contributed by atoms with Crippen molar-refractivity contribution in [3.8, 4) is 5.75 Å². The highest BCUT2D eigenvalue weighted by Crippen LogP contribution is 2.23. The maximum Gasteiger partial charge on any atom is 0.234 e. The number of thioether (sulfide) groups is 1. The Hall–Kier alpha value is -2.84. The molecule has 0 spiro atoms. The van der Waals surface area contributed by atoms with Crippen LogP contribution in [-0.4, -0.2) is 26.8 Å². The molecule has 1 aromatic heterocycles. The third kappa shape index (κ3) is 5.16. The molecule has 0 radical (unpaired) electrons. The first-order valence-electron chi connectivity index (χ1n) is 8.87. The first kappa shape index (κ1) is 19.5. The highest BCUT2D eigenvalue weighted by Gasteiger charge is 2.10. The van der Waals surface area contributed by atoms with Crippen molar-refractivity contribution in [3.63, 3.8) is 0 Å². The number of H-pyrrole nitrogens is 1. The van der Waals surface area contributed by atoms with Crippen LogP contribution in [0.5, 0.6) is 5.75 Å². The molecule has 146 valence electrons. The summed E-state index contributed by atoms with van der Waals surface area (Å²) in [5.41, 5.74) is 0.798. The molecule has 6 nitrogen and oxygen atoms in total. The van der Waals surface area contributed by atoms with Crippen molar-refractivity contribution in [1.82, 2.24) is 15.2 Å². The third-order valence-electron chi connectivity index (χ3n) is 4.10. The van der Waals surface area contributed by atoms with Crippen molar-refractivity contribution >= 4 is 50.1 Å². The van der Waals surface area contributed by atoms with Crippen LogP contribution in [0.4, 0.5) is 5.69 Å². The van der Waals surface area contributed by atoms with Crippen LogP contribution in [0.25, 0.3) is 10.8 Å². The first-order valence-corrected chi connectivity index (χ1v) is 10.7. The molecular weight excluding hydrogens is 452 g/mol. The fraction of sp³-hybridized carbons (Fsp3) is 0.0952. The summed E-state index contributed by atoms with van der Waals surface area (Å²) in [6.07, 6.45) is 0. The number of hydrogen-bond acceptors (Lipinski definition) is 5. The molecule has 0 aliphatic rings. The minimum atomic E-state index is -0.108. The van der Waals surface area contributed by atoms with Crippen LogP contribution in [0.15, 0.2) is 76.4 Å². The van der Waals surface area contributed by atoms with Crippen molar-refractivity contribution in [3.05, 3.63) is 77.0 Å². The number of aromatic amines is 1. The molecule has 1 heterocycles. The lowest BCUT2D eigenvalue weighted by atomic mass is 10.1. The van der Waals surface area contributed by atoms with Gasteiger partial charge in [0.25, 0.3) is 0 Å². The van der Waals surface area contributed by atoms with Gasteiger partial charge >= 0.3 is 0 Å². The zero-order valence-corrected chi connectivity index (χ0v) is 17.7. The average molecular weight is 469 g/mol. The lowest BCUT2D eigenvalue weighted by Gasteiger charge is -2.08. The van der Waals surface area contributed by atoms with Crippen LogP contribution in [-0.2, 0) is 11.4 Å². The first-order chi connectivity index (χ1) is 14.2. The van der Waals surface area contributed by atoms with Gasteiger partial charge < -0.3 is 10.1 Å². The Kier molecular flexibility index (Phi) is 6.12. The summed E-state index contributed by atoms with van der Waals surface area (Å²) in [5.74, 6) is 1.45. The number of benzene rings is 3. The molecule has 2 N–H and O–H groups in total. The summed E-state index contributed by atoms with van der Waals surface area (Å²) in [7, 11) is 0. The number of nitrogens with one attached hydrogen (secondary N) is 2. The quantitative estimate of drug-likeness (QED) is 0.371. The number of nitrogens with zero attached hydrogens (tertiary/aromatic N) is 2. The van der Waals surface area contributed by atoms with Gasteiger partial charge in [-0.1, -0.05) is 64.1 Å². The molecule has 4 rings (SSSR count). The van der Waals surface area contributed by atoms with Crippen molar-refractivity contribution in [2.75, 3.05) is 11.1 Å². The number of carbonyl (C=O) groups is 1. The van der Waals surface area contributed by atoms with Crippen LogP contribution in [0.1, 0.15) is 5.82 Å². The van der Waals surface area contributed by atoms with Crippen molar-refractivity contribution in [2.24, 2.45) is 0 Å². The number of aromatic nitrogens is 3. The van der Waals surface area contributed by atoms with Crippen LogP contribution < -0.4 is 10.1 Å². The number of carbonyl (C=O) groups excluding carboxylic acids is 1. The van der Waals surface area contributed by atoms with Gasteiger partial charge in [-0.25, -0.2) is 4.98 Å². The molecule has 0 saturated heterocycles. The van der Waals surface area contributed by atoms with E-state index in [0.717, 1.165) is 26.7 Å². The summed E-state index contributed by atoms with van der Waals surface area (Å²) >= 11 is 4.66. The number of fused-ring (bicyclic) bond motifs is 1. The summed E-state index contributed by atoms with van der Waals surface area (Å²) in [6, 6.07) is 21.3. The summed E-state index contributed by atoms with van der Waals surface area (Å²) < 4.78 is 6.65. The molecular formula is C21H17BrN4O2S. The van der Waals surface area contributed by atoms with E-state index in [1.165, 1.54) is 11.8 Å². The zero-order chi connectivity index (χ0) is 20.1. The lowest BCUT2D eigenvalue weighted by Crippen LogP contribution is -2.14. The van der Waals surface area contributed by atoms with Gasteiger partial charge in [0.1, 0.15) is 12.4 Å². The molecule has 3 aromatic carbocycles. The minimum absolute atomic E-state index is 0.108. The number of hydrogen-bond donors (Lipinski definition) is 2. The largest absolute Gasteiger partial charge is 0.486 e. The van der Waals surface area contributed by atoms with Crippen molar-refractivity contribution in [2.45, 2.75) is 11.8 Å². The topological polar surface area (TPSA) is 79.9 Å². The van der Waals surface area contributed by atoms with E-state index in [1.54, 1.807) is 0 Å². The lowest BCUT2D eigenvalue weighted by molar-refractivity contribution is -0.113. The number of anilines is 1. The molecule has 0 saturated carbocycles. The molecule has 8 heteroatoms. The maximum absolute atomic E-state index is 12.3. The Morgan fingerprint density at radius 1 is 1.07 bits per heavy atom. The monoisotopic (exact) mass is 468 g/mol. The third-order valence-corrected chi connectivity index (χ3v) is 5.47. The van der Waals surface area contributed by atoms with Gasteiger partial charge in [0, 0.05) is 15.5 Å². The second kappa shape index (κ2) is 9.11. The highest BCUT2D eigenvalue weighted by molar-refractivity contribution is 9.10. The Bertz CT molecular complexity index is 1130. The predicted octanol–water partition coefficient (Wildman–Crippen LogP) is 5.03. The molecule has 1 amide bonds. The molecule has 29 heavy (non-hydrogen) atoms. The molecule has 0 atom stereocenters. The molecule has 0 aliphatic heterocycles. The van der Waals surface area contributed by atoms with Crippen molar-refractivity contribution in [1.29, 1.82) is 0 Å². The van der Waals surface area contributed by atoms with Crippen LogP contribution in [0, 0.1) is 0 Å². The van der Waals surface area contributed by atoms with E-state index in [9.17, 15) is 4.79 Å². The van der Waals surface area contributed by atoms with Gasteiger partial charge in [-0.05, 0) is 35.7 Å². The van der Waals surface area contributed by atoms with Gasteiger partial charge in [-0.2, -0.15) is 0 Å². The van der Waals surface area contributed by atoms with Crippen LogP contribution in [0.3, 0.4) is 0 Å². The normalized spacial score (nSPS) is 10.8. The maximum atomic E-state index is 12.3. The predicted molar refractivity (Wildman–Crippen MR) is 118 cm³/mol. The van der Waals surface area contributed by atoms with Gasteiger partial charge in [0.2, 0.25) is 11.1 Å². The van der Waals surface area contributed by atoms with Crippen LogP contribution >= 0.6 is 27.7 Å². The molecule has 4 aromatic rings. The minimum Gasteiger partial charge on any atom is -0.486 e. The highest BCUT2D eigenvalue weighted by atomic mass is 79.9. The molecule has 0 fully saturated rings. The molecule has 0 unspecified atom stereocenters. The Morgan fingerprint density at radius 3 is 2.72 bits per heavy atom. The molecule has 0 aliphatic carbocycles. The van der Waals surface area contributed by atoms with Gasteiger partial charge in [0.05, 0.1) is 5.75 Å². The van der Waals surface area contributed by atoms with E-state index in [4.69, 9.17) is 4.74 Å². The standard InChI is InChI=1S/C21H17BrN4O2S/c22-15-8-10-16(11-9-15)28-12-19-24-21(26-25-19)29-13-20(27)23-18-7-3-5-14-4-1-2-6-17(14)18/h1-11H,12-13H2,(H,23,27)(H,24,25,26). The summed E-state index contributed by atoms with van der Waals surface area (Å²) in [4.78, 5) is 16.7. The fourth-order valence-electron chi connectivity index (χ4n) is 2.74. The number of ether oxygens (including phenoxy) is 1. The van der Waals surface area contributed by atoms with E-state index in [0.29, 0.717) is 11.0 Å². The fourth-order valence-corrected chi connectivity index (χ4v) is 3.62. The summed E-state index contributed by atoms with van der Waals surface area (Å²) in [6.45, 7) is 0.275. The number of amides is 1. The Morgan fingerprint density at radius 2 is 1.86 bits per heavy atom. The van der Waals surface area contributed by atoms with E-state index in [2.05, 4.69) is 36.4 Å². The SMILES string of the molecule is O=C(CSc1n[nH]c(COc2ccc(Br)cc2)n1)Nc1cccc2ccccc12. The summed E-state index contributed by atoms with van der Waals surface area (Å²) in [5, 5.41) is 12.5. The zero-order valence-electron chi connectivity index (χ0n) is 15.3. The molecule has 0 bridgehead atoms. The van der Waals surface area contributed by atoms with Gasteiger partial charge in [-0.3, -0.25) is 9.89 Å². The number of rotatable bonds is 7. The van der Waals surface area contributed by atoms with E-state index in [-0.39, 0.29) is 18.3 Å². The Balaban J connectivity index is 1.30. The van der Waals surface area contributed by atoms with E-state index < -0.39 is 0 Å². The van der Waals surface area contributed by atoms with E-state index >= 15 is 0 Å². The number of halogens is 1. The van der Waals surface area contributed by atoms with E-state index in [1.807, 2.05) is 66.7 Å². The smallest absolute Gasteiger partial charge is 0.234 e. The average Bonchev–Trinajstić information content (AvgIpc) is 3.20. The second-order valence-corrected chi connectivity index (χ2v) is 8.03. The van der Waals surface area contributed by atoms with Crippen molar-refractivity contribution < 1.29 is 9.53 Å². The Labute approximate surface area is 180 Å². The van der Waals surface area contributed by atoms with Crippen LogP contribution in [0.2, 0.25) is 0 Å².